The van der Waals surface area contributed by atoms with Gasteiger partial charge >= 0.3 is 0 Å². The Kier molecular flexibility index (Phi) is 8.86. The summed E-state index contributed by atoms with van der Waals surface area (Å²) in [6.07, 6.45) is 3.44. The van der Waals surface area contributed by atoms with Crippen LogP contribution in [-0.2, 0) is 9.53 Å². The minimum absolute atomic E-state index is 0.141. The maximum Gasteiger partial charge on any atom is 0.255 e. The molecule has 4 aromatic rings. The monoisotopic (exact) mass is 574 g/mol. The second kappa shape index (κ2) is 12.9. The average molecular weight is 575 g/mol. The SMILES string of the molecule is COc1ccc(-c2cn(-c3ccc(OC)cc3)c(NC(=O)CN(CC3CCCO3)C(=O)c3ccccc3Cl)n2)cc1. The molecule has 2 amide bonds. The van der Waals surface area contributed by atoms with Crippen molar-refractivity contribution < 1.29 is 23.8 Å². The molecule has 10 heteroatoms. The predicted octanol–water partition coefficient (Wildman–Crippen LogP) is 5.47. The van der Waals surface area contributed by atoms with Gasteiger partial charge in [-0.25, -0.2) is 4.98 Å². The molecule has 0 spiro atoms. The van der Waals surface area contributed by atoms with Gasteiger partial charge in [-0.05, 0) is 73.5 Å². The first-order valence-corrected chi connectivity index (χ1v) is 13.7. The molecule has 9 nitrogen and oxygen atoms in total. The molecular weight excluding hydrogens is 544 g/mol. The van der Waals surface area contributed by atoms with Crippen molar-refractivity contribution in [2.75, 3.05) is 39.2 Å². The van der Waals surface area contributed by atoms with E-state index in [1.807, 2.05) is 54.7 Å². The van der Waals surface area contributed by atoms with Crippen molar-refractivity contribution in [1.82, 2.24) is 14.5 Å². The van der Waals surface area contributed by atoms with Gasteiger partial charge < -0.3 is 19.1 Å². The Labute approximate surface area is 243 Å². The van der Waals surface area contributed by atoms with Crippen LogP contribution in [0.25, 0.3) is 16.9 Å². The molecule has 1 saturated heterocycles. The minimum atomic E-state index is -0.398. The van der Waals surface area contributed by atoms with Gasteiger partial charge in [0.2, 0.25) is 11.9 Å². The molecule has 1 N–H and O–H groups in total. The van der Waals surface area contributed by atoms with Crippen LogP contribution in [0.1, 0.15) is 23.2 Å². The Morgan fingerprint density at radius 1 is 1.02 bits per heavy atom. The number of benzene rings is 3. The summed E-state index contributed by atoms with van der Waals surface area (Å²) in [5, 5.41) is 3.24. The Hall–Kier alpha value is -4.34. The number of amides is 2. The van der Waals surface area contributed by atoms with E-state index in [1.165, 1.54) is 4.90 Å². The van der Waals surface area contributed by atoms with E-state index in [2.05, 4.69) is 5.32 Å². The number of aromatic nitrogens is 2. The summed E-state index contributed by atoms with van der Waals surface area (Å²) in [7, 11) is 3.21. The maximum atomic E-state index is 13.5. The topological polar surface area (TPSA) is 94.9 Å². The number of nitrogens with zero attached hydrogens (tertiary/aromatic N) is 3. The van der Waals surface area contributed by atoms with Crippen LogP contribution in [0.2, 0.25) is 5.02 Å². The van der Waals surface area contributed by atoms with E-state index in [1.54, 1.807) is 43.1 Å². The largest absolute Gasteiger partial charge is 0.497 e. The van der Waals surface area contributed by atoms with E-state index in [0.717, 1.165) is 29.8 Å². The highest BCUT2D eigenvalue weighted by atomic mass is 35.5. The van der Waals surface area contributed by atoms with Crippen LogP contribution in [-0.4, -0.2) is 66.3 Å². The quantitative estimate of drug-likeness (QED) is 0.270. The van der Waals surface area contributed by atoms with E-state index < -0.39 is 5.91 Å². The summed E-state index contributed by atoms with van der Waals surface area (Å²) < 4.78 is 18.1. The number of nitrogens with one attached hydrogen (secondary N) is 1. The Morgan fingerprint density at radius 2 is 1.71 bits per heavy atom. The third-order valence-corrected chi connectivity index (χ3v) is 7.20. The summed E-state index contributed by atoms with van der Waals surface area (Å²) in [6.45, 7) is 0.719. The highest BCUT2D eigenvalue weighted by Gasteiger charge is 2.27. The Balaban J connectivity index is 1.42. The third-order valence-electron chi connectivity index (χ3n) is 6.87. The van der Waals surface area contributed by atoms with Gasteiger partial charge in [0, 0.05) is 30.6 Å². The molecule has 41 heavy (non-hydrogen) atoms. The van der Waals surface area contributed by atoms with Crippen LogP contribution < -0.4 is 14.8 Å². The summed E-state index contributed by atoms with van der Waals surface area (Å²) >= 11 is 6.33. The number of hydrogen-bond acceptors (Lipinski definition) is 6. The number of halogens is 1. The number of carbonyl (C=O) groups excluding carboxylic acids is 2. The number of imidazole rings is 1. The molecule has 3 aromatic carbocycles. The first-order valence-electron chi connectivity index (χ1n) is 13.3. The lowest BCUT2D eigenvalue weighted by Crippen LogP contribution is -2.42. The normalized spacial score (nSPS) is 14.5. The predicted molar refractivity (Wildman–Crippen MR) is 157 cm³/mol. The van der Waals surface area contributed by atoms with Crippen molar-refractivity contribution in [2.45, 2.75) is 18.9 Å². The van der Waals surface area contributed by atoms with Crippen LogP contribution in [0.3, 0.4) is 0 Å². The minimum Gasteiger partial charge on any atom is -0.497 e. The molecule has 1 aliphatic heterocycles. The van der Waals surface area contributed by atoms with E-state index in [-0.39, 0.29) is 25.1 Å². The zero-order valence-electron chi connectivity index (χ0n) is 22.9. The zero-order chi connectivity index (χ0) is 28.8. The molecule has 1 atom stereocenters. The molecule has 5 rings (SSSR count). The van der Waals surface area contributed by atoms with Gasteiger partial charge in [-0.2, -0.15) is 0 Å². The highest BCUT2D eigenvalue weighted by molar-refractivity contribution is 6.33. The molecule has 1 aromatic heterocycles. The van der Waals surface area contributed by atoms with Crippen molar-refractivity contribution in [3.05, 3.63) is 89.6 Å². The van der Waals surface area contributed by atoms with Gasteiger partial charge in [0.15, 0.2) is 0 Å². The van der Waals surface area contributed by atoms with Gasteiger partial charge in [0.05, 0.1) is 36.6 Å². The van der Waals surface area contributed by atoms with Crippen LogP contribution in [0.15, 0.2) is 79.0 Å². The molecule has 0 saturated carbocycles. The van der Waals surface area contributed by atoms with Crippen molar-refractivity contribution >= 4 is 29.4 Å². The van der Waals surface area contributed by atoms with Gasteiger partial charge in [-0.3, -0.25) is 19.5 Å². The van der Waals surface area contributed by atoms with Crippen molar-refractivity contribution in [3.8, 4) is 28.4 Å². The molecular formula is C31H31ClN4O5. The van der Waals surface area contributed by atoms with Crippen LogP contribution >= 0.6 is 11.6 Å². The fourth-order valence-corrected chi connectivity index (χ4v) is 4.92. The van der Waals surface area contributed by atoms with Gasteiger partial charge in [-0.15, -0.1) is 0 Å². The van der Waals surface area contributed by atoms with Crippen molar-refractivity contribution in [1.29, 1.82) is 0 Å². The molecule has 1 fully saturated rings. The standard InChI is InChI=1S/C31H31ClN4O5/c1-39-23-13-9-21(10-14-23)28-19-36(22-11-15-24(40-2)16-12-22)31(33-28)34-29(37)20-35(18-25-6-5-17-41-25)30(38)26-7-3-4-8-27(26)32/h3-4,7-16,19,25H,5-6,17-18,20H2,1-2H3,(H,33,34,37). The smallest absolute Gasteiger partial charge is 0.255 e. The Morgan fingerprint density at radius 3 is 2.34 bits per heavy atom. The first kappa shape index (κ1) is 28.2. The fraction of sp³-hybridized carbons (Fsp3) is 0.258. The van der Waals surface area contributed by atoms with E-state index in [0.29, 0.717) is 34.6 Å². The number of carbonyl (C=O) groups is 2. The molecule has 1 aliphatic rings. The lowest BCUT2D eigenvalue weighted by molar-refractivity contribution is -0.117. The van der Waals surface area contributed by atoms with Crippen molar-refractivity contribution in [3.63, 3.8) is 0 Å². The number of ether oxygens (including phenoxy) is 3. The van der Waals surface area contributed by atoms with E-state index in [9.17, 15) is 9.59 Å². The molecule has 2 heterocycles. The summed E-state index contributed by atoms with van der Waals surface area (Å²) in [5.74, 6) is 1.01. The van der Waals surface area contributed by atoms with Crippen LogP contribution in [0, 0.1) is 0 Å². The second-order valence-corrected chi connectivity index (χ2v) is 10.0. The van der Waals surface area contributed by atoms with Gasteiger partial charge in [0.25, 0.3) is 5.91 Å². The van der Waals surface area contributed by atoms with E-state index in [4.69, 9.17) is 30.8 Å². The summed E-state index contributed by atoms with van der Waals surface area (Å²) in [5.41, 5.74) is 2.61. The van der Waals surface area contributed by atoms with Gasteiger partial charge in [0.1, 0.15) is 18.0 Å². The molecule has 0 aliphatic carbocycles. The fourth-order valence-electron chi connectivity index (χ4n) is 4.70. The van der Waals surface area contributed by atoms with Crippen molar-refractivity contribution in [2.24, 2.45) is 0 Å². The van der Waals surface area contributed by atoms with E-state index >= 15 is 0 Å². The summed E-state index contributed by atoms with van der Waals surface area (Å²) in [6, 6.07) is 21.7. The lowest BCUT2D eigenvalue weighted by Gasteiger charge is -2.25. The summed E-state index contributed by atoms with van der Waals surface area (Å²) in [4.78, 5) is 33.2. The van der Waals surface area contributed by atoms with Crippen LogP contribution in [0.5, 0.6) is 11.5 Å². The molecule has 0 radical (unpaired) electrons. The number of methoxy groups -OCH3 is 2. The highest BCUT2D eigenvalue weighted by Crippen LogP contribution is 2.27. The molecule has 1 unspecified atom stereocenters. The maximum absolute atomic E-state index is 13.5. The zero-order valence-corrected chi connectivity index (χ0v) is 23.6. The Bertz CT molecular complexity index is 1500. The van der Waals surface area contributed by atoms with Gasteiger partial charge in [-0.1, -0.05) is 23.7 Å². The number of anilines is 1. The number of rotatable bonds is 10. The second-order valence-electron chi connectivity index (χ2n) is 9.60. The first-order chi connectivity index (χ1) is 19.9. The number of hydrogen-bond donors (Lipinski definition) is 1. The average Bonchev–Trinajstić information content (AvgIpc) is 3.67. The lowest BCUT2D eigenvalue weighted by atomic mass is 10.1. The van der Waals surface area contributed by atoms with Crippen LogP contribution in [0.4, 0.5) is 5.95 Å². The molecule has 212 valence electrons. The third kappa shape index (κ3) is 6.70. The molecule has 0 bridgehead atoms.